The third kappa shape index (κ3) is 4.92. The quantitative estimate of drug-likeness (QED) is 0.506. The number of unbranched alkanes of at least 4 members (excludes halogenated alkanes) is 3. The van der Waals surface area contributed by atoms with Gasteiger partial charge in [-0.3, -0.25) is 4.79 Å². The van der Waals surface area contributed by atoms with Gasteiger partial charge in [0.15, 0.2) is 0 Å². The third-order valence-electron chi connectivity index (χ3n) is 2.97. The van der Waals surface area contributed by atoms with Crippen LogP contribution in [0.1, 0.15) is 51.9 Å². The van der Waals surface area contributed by atoms with Crippen molar-refractivity contribution in [3.63, 3.8) is 0 Å². The zero-order chi connectivity index (χ0) is 12.0. The molecule has 1 fully saturated rings. The molecule has 1 amide bonds. The Labute approximate surface area is 103 Å². The Morgan fingerprint density at radius 2 is 2.12 bits per heavy atom. The van der Waals surface area contributed by atoms with Crippen molar-refractivity contribution in [1.82, 2.24) is 5.32 Å². The zero-order valence-electron chi connectivity index (χ0n) is 10.00. The molecule has 92 valence electrons. The predicted octanol–water partition coefficient (Wildman–Crippen LogP) is 2.14. The lowest BCUT2D eigenvalue weighted by Crippen LogP contribution is -2.44. The summed E-state index contributed by atoms with van der Waals surface area (Å²) in [5, 5.41) is 2.95. The van der Waals surface area contributed by atoms with E-state index in [0.717, 1.165) is 25.7 Å². The lowest BCUT2D eigenvalue weighted by atomic mass is 10.1. The summed E-state index contributed by atoms with van der Waals surface area (Å²) >= 11 is 4.97. The highest BCUT2D eigenvalue weighted by Crippen LogP contribution is 2.32. The molecule has 1 saturated carbocycles. The molecule has 0 aromatic carbocycles. The molecule has 4 heteroatoms. The number of hydrogen-bond donors (Lipinski definition) is 2. The number of carbonyl (C=O) groups excluding carboxylic acids is 1. The summed E-state index contributed by atoms with van der Waals surface area (Å²) < 4.78 is 0. The van der Waals surface area contributed by atoms with E-state index < -0.39 is 0 Å². The largest absolute Gasteiger partial charge is 0.392 e. The highest BCUT2D eigenvalue weighted by atomic mass is 32.1. The van der Waals surface area contributed by atoms with Gasteiger partial charge in [0.25, 0.3) is 0 Å². The van der Waals surface area contributed by atoms with Crippen LogP contribution < -0.4 is 11.1 Å². The maximum absolute atomic E-state index is 11.6. The van der Waals surface area contributed by atoms with Gasteiger partial charge in [-0.05, 0) is 25.2 Å². The molecule has 1 aliphatic rings. The van der Waals surface area contributed by atoms with Gasteiger partial charge < -0.3 is 11.1 Å². The molecule has 0 spiro atoms. The second-order valence-electron chi connectivity index (χ2n) is 4.60. The van der Waals surface area contributed by atoms with Gasteiger partial charge in [0.05, 0.1) is 11.0 Å². The van der Waals surface area contributed by atoms with Crippen LogP contribution in [0.2, 0.25) is 0 Å². The van der Waals surface area contributed by atoms with Crippen molar-refractivity contribution in [2.45, 2.75) is 57.9 Å². The first kappa shape index (κ1) is 13.4. The first-order valence-electron chi connectivity index (χ1n) is 6.23. The summed E-state index contributed by atoms with van der Waals surface area (Å²) in [6.45, 7) is 2.16. The lowest BCUT2D eigenvalue weighted by Gasteiger charge is -2.16. The van der Waals surface area contributed by atoms with Gasteiger partial charge in [-0.1, -0.05) is 38.4 Å². The zero-order valence-corrected chi connectivity index (χ0v) is 10.8. The summed E-state index contributed by atoms with van der Waals surface area (Å²) in [7, 11) is 0. The molecule has 16 heavy (non-hydrogen) atoms. The Balaban J connectivity index is 2.18. The molecule has 0 aromatic rings. The van der Waals surface area contributed by atoms with E-state index in [1.54, 1.807) is 0 Å². The molecular formula is C12H22N2OS. The van der Waals surface area contributed by atoms with Crippen LogP contribution in [0.4, 0.5) is 0 Å². The number of hydrogen-bond acceptors (Lipinski definition) is 2. The van der Waals surface area contributed by atoms with E-state index in [-0.39, 0.29) is 11.9 Å². The number of rotatable bonds is 8. The van der Waals surface area contributed by atoms with Crippen molar-refractivity contribution in [2.75, 3.05) is 0 Å². The molecule has 0 aliphatic heterocycles. The summed E-state index contributed by atoms with van der Waals surface area (Å²) in [5.41, 5.74) is 5.62. The average Bonchev–Trinajstić information content (AvgIpc) is 3.04. The van der Waals surface area contributed by atoms with Gasteiger partial charge in [0.1, 0.15) is 0 Å². The van der Waals surface area contributed by atoms with Gasteiger partial charge in [-0.2, -0.15) is 0 Å². The van der Waals surface area contributed by atoms with Crippen LogP contribution in [0.15, 0.2) is 0 Å². The van der Waals surface area contributed by atoms with E-state index in [2.05, 4.69) is 12.2 Å². The summed E-state index contributed by atoms with van der Waals surface area (Å²) in [5.74, 6) is 0.595. The number of amides is 1. The maximum atomic E-state index is 11.6. The molecule has 1 aliphatic carbocycles. The van der Waals surface area contributed by atoms with Crippen LogP contribution in [-0.4, -0.2) is 16.9 Å². The van der Waals surface area contributed by atoms with Crippen molar-refractivity contribution in [3.05, 3.63) is 0 Å². The van der Waals surface area contributed by atoms with E-state index in [0.29, 0.717) is 17.3 Å². The minimum absolute atomic E-state index is 0.0614. The van der Waals surface area contributed by atoms with Crippen molar-refractivity contribution in [3.8, 4) is 0 Å². The van der Waals surface area contributed by atoms with Gasteiger partial charge in [0.2, 0.25) is 5.91 Å². The van der Waals surface area contributed by atoms with Crippen molar-refractivity contribution in [1.29, 1.82) is 0 Å². The van der Waals surface area contributed by atoms with Gasteiger partial charge in [0, 0.05) is 6.42 Å². The summed E-state index contributed by atoms with van der Waals surface area (Å²) in [6.07, 6.45) is 7.37. The van der Waals surface area contributed by atoms with E-state index in [9.17, 15) is 4.79 Å². The maximum Gasteiger partial charge on any atom is 0.220 e. The van der Waals surface area contributed by atoms with Gasteiger partial charge >= 0.3 is 0 Å². The van der Waals surface area contributed by atoms with E-state index in [1.807, 2.05) is 0 Å². The summed E-state index contributed by atoms with van der Waals surface area (Å²) in [6, 6.07) is -0.0614. The van der Waals surface area contributed by atoms with Crippen molar-refractivity contribution < 1.29 is 4.79 Å². The third-order valence-corrected chi connectivity index (χ3v) is 3.23. The Hall–Kier alpha value is -0.640. The van der Waals surface area contributed by atoms with Crippen molar-refractivity contribution >= 4 is 23.1 Å². The normalized spacial score (nSPS) is 16.8. The molecule has 0 radical (unpaired) electrons. The molecule has 0 heterocycles. The number of nitrogens with two attached hydrogens (primary N) is 1. The molecule has 0 saturated heterocycles. The summed E-state index contributed by atoms with van der Waals surface area (Å²) in [4.78, 5) is 12.1. The second kappa shape index (κ2) is 6.84. The first-order valence-corrected chi connectivity index (χ1v) is 6.64. The molecule has 3 nitrogen and oxygen atoms in total. The lowest BCUT2D eigenvalue weighted by molar-refractivity contribution is -0.121. The monoisotopic (exact) mass is 242 g/mol. The van der Waals surface area contributed by atoms with Crippen LogP contribution >= 0.6 is 12.2 Å². The van der Waals surface area contributed by atoms with E-state index in [1.165, 1.54) is 12.8 Å². The Bertz CT molecular complexity index is 251. The highest BCUT2D eigenvalue weighted by molar-refractivity contribution is 7.80. The topological polar surface area (TPSA) is 55.1 Å². The van der Waals surface area contributed by atoms with Crippen LogP contribution in [-0.2, 0) is 4.79 Å². The average molecular weight is 242 g/mol. The first-order chi connectivity index (χ1) is 7.65. The van der Waals surface area contributed by atoms with Crippen LogP contribution in [0.3, 0.4) is 0 Å². The molecule has 3 N–H and O–H groups in total. The standard InChI is InChI=1S/C12H22N2OS/c1-2-3-4-5-6-10(15)14-11(12(13)16)9-7-8-9/h9,11H,2-8H2,1H3,(H2,13,16)(H,14,15). The minimum Gasteiger partial charge on any atom is -0.392 e. The molecular weight excluding hydrogens is 220 g/mol. The molecule has 0 aromatic heterocycles. The fourth-order valence-corrected chi connectivity index (χ4v) is 2.06. The fraction of sp³-hybridized carbons (Fsp3) is 0.833. The van der Waals surface area contributed by atoms with Gasteiger partial charge in [-0.25, -0.2) is 0 Å². The number of thiocarbonyl (C=S) groups is 1. The number of nitrogens with one attached hydrogen (secondary N) is 1. The minimum atomic E-state index is -0.0614. The SMILES string of the molecule is CCCCCCC(=O)NC(C(N)=S)C1CC1. The smallest absolute Gasteiger partial charge is 0.220 e. The Kier molecular flexibility index (Phi) is 5.74. The molecule has 1 atom stereocenters. The molecule has 1 rings (SSSR count). The van der Waals surface area contributed by atoms with Crippen LogP contribution in [0.25, 0.3) is 0 Å². The number of carbonyl (C=O) groups is 1. The highest BCUT2D eigenvalue weighted by Gasteiger charge is 2.33. The van der Waals surface area contributed by atoms with E-state index >= 15 is 0 Å². The molecule has 1 unspecified atom stereocenters. The van der Waals surface area contributed by atoms with Crippen LogP contribution in [0, 0.1) is 5.92 Å². The predicted molar refractivity (Wildman–Crippen MR) is 70.2 cm³/mol. The van der Waals surface area contributed by atoms with E-state index in [4.69, 9.17) is 18.0 Å². The fourth-order valence-electron chi connectivity index (χ4n) is 1.81. The second-order valence-corrected chi connectivity index (χ2v) is 5.07. The Morgan fingerprint density at radius 1 is 1.44 bits per heavy atom. The van der Waals surface area contributed by atoms with Crippen molar-refractivity contribution in [2.24, 2.45) is 11.7 Å². The molecule has 0 bridgehead atoms. The van der Waals surface area contributed by atoms with Gasteiger partial charge in [-0.15, -0.1) is 0 Å². The Morgan fingerprint density at radius 3 is 2.62 bits per heavy atom. The van der Waals surface area contributed by atoms with Crippen LogP contribution in [0.5, 0.6) is 0 Å².